The van der Waals surface area contributed by atoms with E-state index in [0.717, 1.165) is 16.0 Å². The highest BCUT2D eigenvalue weighted by molar-refractivity contribution is 6.22. The zero-order chi connectivity index (χ0) is 22.0. The van der Waals surface area contributed by atoms with Gasteiger partial charge in [0.15, 0.2) is 0 Å². The van der Waals surface area contributed by atoms with Crippen molar-refractivity contribution in [3.8, 4) is 0 Å². The zero-order valence-electron chi connectivity index (χ0n) is 16.9. The molecule has 0 aromatic heterocycles. The highest BCUT2D eigenvalue weighted by Crippen LogP contribution is 2.26. The van der Waals surface area contributed by atoms with E-state index in [1.807, 2.05) is 30.3 Å². The van der Waals surface area contributed by atoms with Crippen LogP contribution in [0.1, 0.15) is 44.8 Å². The van der Waals surface area contributed by atoms with Crippen molar-refractivity contribution in [3.63, 3.8) is 0 Å². The number of benzene rings is 3. The molecule has 1 heterocycles. The lowest BCUT2D eigenvalue weighted by molar-refractivity contribution is -0.125. The van der Waals surface area contributed by atoms with E-state index in [-0.39, 0.29) is 12.2 Å². The van der Waals surface area contributed by atoms with Gasteiger partial charge in [0.05, 0.1) is 17.2 Å². The summed E-state index contributed by atoms with van der Waals surface area (Å²) < 4.78 is 13.2. The molecule has 2 atom stereocenters. The van der Waals surface area contributed by atoms with Gasteiger partial charge in [0.25, 0.3) is 11.8 Å². The molecule has 0 unspecified atom stereocenters. The third-order valence-corrected chi connectivity index (χ3v) is 5.44. The smallest absolute Gasteiger partial charge is 0.262 e. The largest absolute Gasteiger partial charge is 0.348 e. The highest BCUT2D eigenvalue weighted by atomic mass is 19.1. The Bertz CT molecular complexity index is 1090. The molecule has 0 saturated carbocycles. The number of hydrogen-bond acceptors (Lipinski definition) is 3. The fourth-order valence-electron chi connectivity index (χ4n) is 3.77. The molecule has 1 aliphatic heterocycles. The molecule has 156 valence electrons. The minimum Gasteiger partial charge on any atom is -0.348 e. The van der Waals surface area contributed by atoms with Crippen molar-refractivity contribution in [2.45, 2.75) is 25.4 Å². The fourth-order valence-corrected chi connectivity index (χ4v) is 3.77. The van der Waals surface area contributed by atoms with E-state index < -0.39 is 29.8 Å². The van der Waals surface area contributed by atoms with Gasteiger partial charge in [-0.15, -0.1) is 0 Å². The lowest BCUT2D eigenvalue weighted by atomic mass is 10.0. The molecule has 3 aromatic rings. The number of imide groups is 1. The Balaban J connectivity index is 1.63. The Morgan fingerprint density at radius 2 is 1.42 bits per heavy atom. The molecule has 1 N–H and O–H groups in total. The second kappa shape index (κ2) is 8.52. The van der Waals surface area contributed by atoms with Crippen LogP contribution in [0.15, 0.2) is 78.9 Å². The Labute approximate surface area is 179 Å². The van der Waals surface area contributed by atoms with Gasteiger partial charge in [-0.25, -0.2) is 4.39 Å². The molecule has 3 aromatic carbocycles. The fraction of sp³-hybridized carbons (Fsp3) is 0.160. The molecule has 6 heteroatoms. The zero-order valence-corrected chi connectivity index (χ0v) is 16.9. The van der Waals surface area contributed by atoms with Crippen molar-refractivity contribution < 1.29 is 18.8 Å². The summed E-state index contributed by atoms with van der Waals surface area (Å²) in [7, 11) is 0. The van der Waals surface area contributed by atoms with Crippen molar-refractivity contribution >= 4 is 17.7 Å². The van der Waals surface area contributed by atoms with Gasteiger partial charge in [-0.05, 0) is 42.3 Å². The maximum Gasteiger partial charge on any atom is 0.262 e. The summed E-state index contributed by atoms with van der Waals surface area (Å²) in [6.45, 7) is 1.77. The SMILES string of the molecule is C[C@H](NC(=O)[C@H](Cc1ccccc1)N1C(=O)c2ccccc2C1=O)c1ccc(F)cc1. The molecule has 31 heavy (non-hydrogen) atoms. The van der Waals surface area contributed by atoms with E-state index >= 15 is 0 Å². The van der Waals surface area contributed by atoms with Gasteiger partial charge >= 0.3 is 0 Å². The van der Waals surface area contributed by atoms with Crippen LogP contribution >= 0.6 is 0 Å². The molecule has 0 saturated heterocycles. The Morgan fingerprint density at radius 1 is 0.871 bits per heavy atom. The minimum absolute atomic E-state index is 0.189. The number of carbonyl (C=O) groups excluding carboxylic acids is 3. The topological polar surface area (TPSA) is 66.5 Å². The first-order valence-electron chi connectivity index (χ1n) is 10.0. The van der Waals surface area contributed by atoms with Crippen LogP contribution in [0.25, 0.3) is 0 Å². The molecular weight excluding hydrogens is 395 g/mol. The predicted molar refractivity (Wildman–Crippen MR) is 114 cm³/mol. The number of halogens is 1. The van der Waals surface area contributed by atoms with Gasteiger partial charge in [0, 0.05) is 6.42 Å². The third-order valence-electron chi connectivity index (χ3n) is 5.44. The molecule has 5 nitrogen and oxygen atoms in total. The summed E-state index contributed by atoms with van der Waals surface area (Å²) in [5.41, 5.74) is 2.14. The molecule has 0 radical (unpaired) electrons. The average molecular weight is 416 g/mol. The number of rotatable bonds is 6. The standard InChI is InChI=1S/C25H21FN2O3/c1-16(18-11-13-19(26)14-12-18)27-23(29)22(15-17-7-3-2-4-8-17)28-24(30)20-9-5-6-10-21(20)25(28)31/h2-14,16,22H,15H2,1H3,(H,27,29)/t16-,22-/m0/s1. The summed E-state index contributed by atoms with van der Waals surface area (Å²) in [5, 5.41) is 2.87. The number of carbonyl (C=O) groups is 3. The highest BCUT2D eigenvalue weighted by Gasteiger charge is 2.42. The monoisotopic (exact) mass is 416 g/mol. The van der Waals surface area contributed by atoms with Crippen molar-refractivity contribution in [3.05, 3.63) is 107 Å². The number of nitrogens with zero attached hydrogens (tertiary/aromatic N) is 1. The van der Waals surface area contributed by atoms with Gasteiger partial charge in [-0.1, -0.05) is 54.6 Å². The Morgan fingerprint density at radius 3 is 2.00 bits per heavy atom. The van der Waals surface area contributed by atoms with Crippen LogP contribution in [0, 0.1) is 5.82 Å². The van der Waals surface area contributed by atoms with E-state index in [1.54, 1.807) is 43.3 Å². The third kappa shape index (κ3) is 4.10. The van der Waals surface area contributed by atoms with Crippen molar-refractivity contribution in [1.82, 2.24) is 10.2 Å². The van der Waals surface area contributed by atoms with E-state index in [9.17, 15) is 18.8 Å². The molecule has 0 spiro atoms. The first kappa shape index (κ1) is 20.5. The molecule has 1 aliphatic rings. The lowest BCUT2D eigenvalue weighted by Gasteiger charge is -2.27. The van der Waals surface area contributed by atoms with Crippen LogP contribution in [0.5, 0.6) is 0 Å². The van der Waals surface area contributed by atoms with Crippen LogP contribution < -0.4 is 5.32 Å². The quantitative estimate of drug-likeness (QED) is 0.620. The predicted octanol–water partition coefficient (Wildman–Crippen LogP) is 3.91. The van der Waals surface area contributed by atoms with E-state index in [2.05, 4.69) is 5.32 Å². The Kier molecular flexibility index (Phi) is 5.62. The first-order valence-corrected chi connectivity index (χ1v) is 10.0. The number of amides is 3. The van der Waals surface area contributed by atoms with Crippen LogP contribution in [-0.4, -0.2) is 28.7 Å². The molecule has 0 fully saturated rings. The average Bonchev–Trinajstić information content (AvgIpc) is 3.03. The van der Waals surface area contributed by atoms with Crippen LogP contribution in [0.2, 0.25) is 0 Å². The second-order valence-electron chi connectivity index (χ2n) is 7.51. The molecular formula is C25H21FN2O3. The summed E-state index contributed by atoms with van der Waals surface area (Å²) in [6, 6.07) is 20.2. The van der Waals surface area contributed by atoms with E-state index in [1.165, 1.54) is 12.1 Å². The van der Waals surface area contributed by atoms with Gasteiger partial charge in [-0.2, -0.15) is 0 Å². The summed E-state index contributed by atoms with van der Waals surface area (Å²) >= 11 is 0. The summed E-state index contributed by atoms with van der Waals surface area (Å²) in [5.74, 6) is -1.78. The summed E-state index contributed by atoms with van der Waals surface area (Å²) in [4.78, 5) is 40.4. The summed E-state index contributed by atoms with van der Waals surface area (Å²) in [6.07, 6.45) is 0.189. The number of fused-ring (bicyclic) bond motifs is 1. The molecule has 0 aliphatic carbocycles. The maximum atomic E-state index is 13.3. The van der Waals surface area contributed by atoms with Crippen molar-refractivity contribution in [2.75, 3.05) is 0 Å². The van der Waals surface area contributed by atoms with Gasteiger partial charge < -0.3 is 5.32 Å². The minimum atomic E-state index is -1.02. The first-order chi connectivity index (χ1) is 15.0. The van der Waals surface area contributed by atoms with Crippen LogP contribution in [-0.2, 0) is 11.2 Å². The van der Waals surface area contributed by atoms with Crippen molar-refractivity contribution in [1.29, 1.82) is 0 Å². The van der Waals surface area contributed by atoms with E-state index in [0.29, 0.717) is 11.1 Å². The van der Waals surface area contributed by atoms with Gasteiger partial charge in [-0.3, -0.25) is 19.3 Å². The number of nitrogens with one attached hydrogen (secondary N) is 1. The molecule has 3 amide bonds. The normalized spacial score (nSPS) is 14.8. The number of hydrogen-bond donors (Lipinski definition) is 1. The van der Waals surface area contributed by atoms with E-state index in [4.69, 9.17) is 0 Å². The molecule has 4 rings (SSSR count). The van der Waals surface area contributed by atoms with Crippen LogP contribution in [0.3, 0.4) is 0 Å². The molecule has 0 bridgehead atoms. The lowest BCUT2D eigenvalue weighted by Crippen LogP contribution is -2.51. The van der Waals surface area contributed by atoms with Crippen molar-refractivity contribution in [2.24, 2.45) is 0 Å². The van der Waals surface area contributed by atoms with Gasteiger partial charge in [0.1, 0.15) is 11.9 Å². The van der Waals surface area contributed by atoms with Crippen LogP contribution in [0.4, 0.5) is 4.39 Å². The maximum absolute atomic E-state index is 13.3. The second-order valence-corrected chi connectivity index (χ2v) is 7.51. The Hall–Kier alpha value is -3.80. The van der Waals surface area contributed by atoms with Gasteiger partial charge in [0.2, 0.25) is 5.91 Å².